The maximum absolute atomic E-state index is 11.9. The molecule has 0 unspecified atom stereocenters. The Morgan fingerprint density at radius 3 is 2.56 bits per heavy atom. The maximum atomic E-state index is 11.9. The first-order valence-corrected chi connectivity index (χ1v) is 6.20. The summed E-state index contributed by atoms with van der Waals surface area (Å²) in [5, 5.41) is 3.56. The van der Waals surface area contributed by atoms with Gasteiger partial charge in [0.25, 0.3) is 5.91 Å². The highest BCUT2D eigenvalue weighted by molar-refractivity contribution is 8.14. The highest BCUT2D eigenvalue weighted by Gasteiger charge is 2.12. The summed E-state index contributed by atoms with van der Waals surface area (Å²) in [6, 6.07) is 5.84. The van der Waals surface area contributed by atoms with E-state index in [0.29, 0.717) is 5.56 Å². The van der Waals surface area contributed by atoms with Crippen LogP contribution in [0.2, 0.25) is 0 Å². The zero-order valence-corrected chi connectivity index (χ0v) is 10.2. The van der Waals surface area contributed by atoms with Crippen LogP contribution in [0.3, 0.4) is 0 Å². The highest BCUT2D eigenvalue weighted by Crippen LogP contribution is 2.12. The van der Waals surface area contributed by atoms with Gasteiger partial charge in [-0.3, -0.25) is 9.79 Å². The predicted octanol–water partition coefficient (Wildman–Crippen LogP) is 2.14. The Kier molecular flexibility index (Phi) is 3.29. The van der Waals surface area contributed by atoms with Gasteiger partial charge in [0.05, 0.1) is 6.54 Å². The van der Waals surface area contributed by atoms with Crippen LogP contribution in [-0.4, -0.2) is 23.4 Å². The molecule has 1 heterocycles. The first-order valence-electron chi connectivity index (χ1n) is 5.22. The van der Waals surface area contributed by atoms with Gasteiger partial charge in [0.2, 0.25) is 0 Å². The van der Waals surface area contributed by atoms with E-state index in [1.54, 1.807) is 11.8 Å². The van der Waals surface area contributed by atoms with Crippen molar-refractivity contribution in [2.75, 3.05) is 12.3 Å². The molecule has 4 heteroatoms. The quantitative estimate of drug-likeness (QED) is 0.808. The minimum atomic E-state index is -0.0695. The summed E-state index contributed by atoms with van der Waals surface area (Å²) in [4.78, 5) is 16.1. The molecule has 3 nitrogen and oxygen atoms in total. The molecule has 84 valence electrons. The van der Waals surface area contributed by atoms with Gasteiger partial charge in [-0.2, -0.15) is 0 Å². The first-order chi connectivity index (χ1) is 7.65. The maximum Gasteiger partial charge on any atom is 0.257 e. The van der Waals surface area contributed by atoms with Gasteiger partial charge in [-0.25, -0.2) is 0 Å². The lowest BCUT2D eigenvalue weighted by Crippen LogP contribution is -2.27. The van der Waals surface area contributed by atoms with E-state index in [0.717, 1.165) is 28.6 Å². The monoisotopic (exact) mass is 234 g/mol. The number of rotatable bonds is 1. The smallest absolute Gasteiger partial charge is 0.257 e. The molecule has 1 N–H and O–H groups in total. The van der Waals surface area contributed by atoms with Crippen molar-refractivity contribution >= 4 is 22.8 Å². The third-order valence-corrected chi connectivity index (χ3v) is 3.18. The third-order valence-electron chi connectivity index (χ3n) is 2.29. The van der Waals surface area contributed by atoms with E-state index in [1.165, 1.54) is 0 Å². The number of hydrogen-bond donors (Lipinski definition) is 1. The molecule has 0 aromatic heterocycles. The van der Waals surface area contributed by atoms with Crippen molar-refractivity contribution in [1.29, 1.82) is 0 Å². The topological polar surface area (TPSA) is 41.5 Å². The largest absolute Gasteiger partial charge is 0.301 e. The van der Waals surface area contributed by atoms with Crippen LogP contribution in [0.4, 0.5) is 0 Å². The van der Waals surface area contributed by atoms with Gasteiger partial charge in [-0.1, -0.05) is 29.0 Å². The zero-order valence-electron chi connectivity index (χ0n) is 9.41. The lowest BCUT2D eigenvalue weighted by Gasteiger charge is -2.06. The highest BCUT2D eigenvalue weighted by atomic mass is 32.2. The predicted molar refractivity (Wildman–Crippen MR) is 68.1 cm³/mol. The molecule has 0 bridgehead atoms. The van der Waals surface area contributed by atoms with E-state index in [2.05, 4.69) is 16.4 Å². The van der Waals surface area contributed by atoms with Gasteiger partial charge in [-0.05, 0) is 26.0 Å². The van der Waals surface area contributed by atoms with Crippen molar-refractivity contribution in [2.45, 2.75) is 13.8 Å². The fourth-order valence-electron chi connectivity index (χ4n) is 1.69. The number of amides is 1. The Balaban J connectivity index is 2.14. The molecule has 0 atom stereocenters. The van der Waals surface area contributed by atoms with Crippen LogP contribution >= 0.6 is 11.8 Å². The van der Waals surface area contributed by atoms with Gasteiger partial charge in [0.1, 0.15) is 0 Å². The number of nitrogens with zero attached hydrogens (tertiary/aromatic N) is 1. The molecule has 1 aliphatic heterocycles. The summed E-state index contributed by atoms with van der Waals surface area (Å²) in [5.74, 6) is 0.891. The van der Waals surface area contributed by atoms with E-state index in [9.17, 15) is 4.79 Å². The first kappa shape index (κ1) is 11.2. The van der Waals surface area contributed by atoms with Gasteiger partial charge in [0, 0.05) is 11.3 Å². The second-order valence-electron chi connectivity index (χ2n) is 3.87. The Hall–Kier alpha value is -1.29. The average molecular weight is 234 g/mol. The van der Waals surface area contributed by atoms with Crippen LogP contribution in [0.1, 0.15) is 21.5 Å². The van der Waals surface area contributed by atoms with Crippen molar-refractivity contribution in [3.63, 3.8) is 0 Å². The normalized spacial score (nSPS) is 14.8. The third kappa shape index (κ3) is 2.64. The summed E-state index contributed by atoms with van der Waals surface area (Å²) < 4.78 is 0. The molecule has 0 saturated carbocycles. The second kappa shape index (κ2) is 4.70. The number of aliphatic imine (C=N–C) groups is 1. The van der Waals surface area contributed by atoms with E-state index >= 15 is 0 Å². The van der Waals surface area contributed by atoms with Crippen molar-refractivity contribution in [3.8, 4) is 0 Å². The van der Waals surface area contributed by atoms with E-state index in [-0.39, 0.29) is 5.91 Å². The molecule has 1 amide bonds. The van der Waals surface area contributed by atoms with Crippen molar-refractivity contribution < 1.29 is 4.79 Å². The van der Waals surface area contributed by atoms with Crippen LogP contribution in [0.5, 0.6) is 0 Å². The second-order valence-corrected chi connectivity index (χ2v) is 4.95. The molecule has 0 radical (unpaired) electrons. The standard InChI is InChI=1S/C12H14N2OS/c1-8-5-9(2)7-10(6-8)11(15)14-12-13-3-4-16-12/h5-7H,3-4H2,1-2H3,(H,13,14,15). The van der Waals surface area contributed by atoms with Crippen LogP contribution in [0.25, 0.3) is 0 Å². The van der Waals surface area contributed by atoms with Gasteiger partial charge >= 0.3 is 0 Å². The fraction of sp³-hybridized carbons (Fsp3) is 0.333. The molecule has 0 saturated heterocycles. The molecule has 0 aliphatic carbocycles. The van der Waals surface area contributed by atoms with Crippen LogP contribution in [0.15, 0.2) is 23.2 Å². The number of aryl methyl sites for hydroxylation is 2. The number of benzene rings is 1. The van der Waals surface area contributed by atoms with Gasteiger partial charge < -0.3 is 5.32 Å². The summed E-state index contributed by atoms with van der Waals surface area (Å²) in [6.07, 6.45) is 0. The van der Waals surface area contributed by atoms with Crippen molar-refractivity contribution in [3.05, 3.63) is 34.9 Å². The molecule has 1 aromatic rings. The van der Waals surface area contributed by atoms with Crippen LogP contribution < -0.4 is 5.32 Å². The lowest BCUT2D eigenvalue weighted by molar-refractivity contribution is 0.0978. The molecule has 2 rings (SSSR count). The molecule has 1 aromatic carbocycles. The van der Waals surface area contributed by atoms with E-state index in [4.69, 9.17) is 0 Å². The molecular weight excluding hydrogens is 220 g/mol. The molecular formula is C12H14N2OS. The van der Waals surface area contributed by atoms with E-state index in [1.807, 2.05) is 26.0 Å². The molecule has 0 fully saturated rings. The molecule has 16 heavy (non-hydrogen) atoms. The van der Waals surface area contributed by atoms with Gasteiger partial charge in [-0.15, -0.1) is 0 Å². The summed E-state index contributed by atoms with van der Waals surface area (Å²) >= 11 is 1.59. The van der Waals surface area contributed by atoms with Crippen molar-refractivity contribution in [2.24, 2.45) is 4.99 Å². The fourth-order valence-corrected chi connectivity index (χ4v) is 2.41. The number of hydrogen-bond acceptors (Lipinski definition) is 3. The summed E-state index contributed by atoms with van der Waals surface area (Å²) in [6.45, 7) is 4.78. The average Bonchev–Trinajstić information content (AvgIpc) is 2.68. The number of thioether (sulfide) groups is 1. The molecule has 0 spiro atoms. The summed E-state index contributed by atoms with van der Waals surface area (Å²) in [7, 11) is 0. The van der Waals surface area contributed by atoms with Crippen molar-refractivity contribution in [1.82, 2.24) is 5.32 Å². The number of amidine groups is 1. The van der Waals surface area contributed by atoms with E-state index < -0.39 is 0 Å². The lowest BCUT2D eigenvalue weighted by atomic mass is 10.1. The number of carbonyl (C=O) groups excluding carboxylic acids is 1. The minimum Gasteiger partial charge on any atom is -0.301 e. The minimum absolute atomic E-state index is 0.0695. The summed E-state index contributed by atoms with van der Waals surface area (Å²) in [5.41, 5.74) is 2.91. The number of nitrogens with one attached hydrogen (secondary N) is 1. The van der Waals surface area contributed by atoms with Crippen LogP contribution in [-0.2, 0) is 0 Å². The number of carbonyl (C=O) groups is 1. The SMILES string of the molecule is Cc1cc(C)cc(C(=O)NC2=NCCS2)c1. The Labute approximate surface area is 99.3 Å². The zero-order chi connectivity index (χ0) is 11.5. The Bertz CT molecular complexity index is 434. The Morgan fingerprint density at radius 2 is 2.00 bits per heavy atom. The van der Waals surface area contributed by atoms with Crippen LogP contribution in [0, 0.1) is 13.8 Å². The molecule has 1 aliphatic rings. The van der Waals surface area contributed by atoms with Gasteiger partial charge in [0.15, 0.2) is 5.17 Å². The Morgan fingerprint density at radius 1 is 1.31 bits per heavy atom.